The molecule has 0 spiro atoms. The lowest BCUT2D eigenvalue weighted by atomic mass is 9.93. The van der Waals surface area contributed by atoms with E-state index in [-0.39, 0.29) is 12.6 Å². The number of carbonyl (C=O) groups is 3. The molecule has 0 aromatic heterocycles. The van der Waals surface area contributed by atoms with Crippen LogP contribution in [0.1, 0.15) is 29.7 Å². The summed E-state index contributed by atoms with van der Waals surface area (Å²) in [5, 5.41) is 2.88. The van der Waals surface area contributed by atoms with Crippen LogP contribution >= 0.6 is 0 Å². The van der Waals surface area contributed by atoms with Gasteiger partial charge in [0.1, 0.15) is 5.92 Å². The number of ketones is 1. The van der Waals surface area contributed by atoms with E-state index in [0.29, 0.717) is 0 Å². The molecule has 1 N–H and O–H groups in total. The number of amides is 2. The van der Waals surface area contributed by atoms with Crippen molar-refractivity contribution < 1.29 is 14.4 Å². The Balaban J connectivity index is 1.80. The van der Waals surface area contributed by atoms with Crippen molar-refractivity contribution in [3.63, 3.8) is 0 Å². The van der Waals surface area contributed by atoms with Crippen molar-refractivity contribution in [2.45, 2.75) is 26.8 Å². The number of carbonyl (C=O) groups excluding carboxylic acids is 3. The molecule has 27 heavy (non-hydrogen) atoms. The summed E-state index contributed by atoms with van der Waals surface area (Å²) in [6.45, 7) is 6.18. The van der Waals surface area contributed by atoms with Gasteiger partial charge in [0.25, 0.3) is 5.91 Å². The zero-order valence-electron chi connectivity index (χ0n) is 16.1. The standard InChI is InChI=1S/C22H24N2O3/c1-13-7-5-8-14(2)19(13)17-10-6-9-16(11-17)15(3)23-21(26)18-12-24(4)22(27)20(18)25/h5-11,15,18H,12H2,1-4H3,(H,23,26)/t15-,18?/m1/s1. The van der Waals surface area contributed by atoms with Crippen LogP contribution in [-0.4, -0.2) is 36.1 Å². The predicted octanol–water partition coefficient (Wildman–Crippen LogP) is 2.80. The largest absolute Gasteiger partial charge is 0.349 e. The maximum atomic E-state index is 12.5. The van der Waals surface area contributed by atoms with E-state index in [1.165, 1.54) is 28.6 Å². The Kier molecular flexibility index (Phi) is 5.13. The summed E-state index contributed by atoms with van der Waals surface area (Å²) >= 11 is 0. The Bertz CT molecular complexity index is 899. The summed E-state index contributed by atoms with van der Waals surface area (Å²) in [5.74, 6) is -2.55. The van der Waals surface area contributed by atoms with Gasteiger partial charge in [-0.1, -0.05) is 36.4 Å². The minimum absolute atomic E-state index is 0.138. The van der Waals surface area contributed by atoms with E-state index in [4.69, 9.17) is 0 Å². The molecule has 140 valence electrons. The Morgan fingerprint density at radius 3 is 2.33 bits per heavy atom. The lowest BCUT2D eigenvalue weighted by Crippen LogP contribution is -2.37. The molecular weight excluding hydrogens is 340 g/mol. The summed E-state index contributed by atoms with van der Waals surface area (Å²) in [7, 11) is 1.53. The SMILES string of the molecule is Cc1cccc(C)c1-c1cccc([C@@H](C)NC(=O)C2CN(C)C(=O)C2=O)c1. The molecule has 1 saturated heterocycles. The van der Waals surface area contributed by atoms with Crippen molar-refractivity contribution in [1.29, 1.82) is 0 Å². The fourth-order valence-corrected chi connectivity index (χ4v) is 3.61. The van der Waals surface area contributed by atoms with Gasteiger partial charge in [-0.05, 0) is 54.7 Å². The van der Waals surface area contributed by atoms with Gasteiger partial charge < -0.3 is 10.2 Å². The van der Waals surface area contributed by atoms with E-state index < -0.39 is 23.5 Å². The molecule has 0 saturated carbocycles. The van der Waals surface area contributed by atoms with Crippen LogP contribution in [0.25, 0.3) is 11.1 Å². The van der Waals surface area contributed by atoms with Crippen molar-refractivity contribution >= 4 is 17.6 Å². The highest BCUT2D eigenvalue weighted by molar-refractivity contribution is 6.42. The average molecular weight is 364 g/mol. The topological polar surface area (TPSA) is 66.5 Å². The Morgan fingerprint density at radius 2 is 1.74 bits per heavy atom. The molecule has 5 nitrogen and oxygen atoms in total. The monoisotopic (exact) mass is 364 g/mol. The molecule has 1 aliphatic heterocycles. The highest BCUT2D eigenvalue weighted by Gasteiger charge is 2.41. The van der Waals surface area contributed by atoms with E-state index in [0.717, 1.165) is 11.1 Å². The number of Topliss-reactive ketones (excluding diaryl/α,β-unsaturated/α-hetero) is 1. The number of nitrogens with zero attached hydrogens (tertiary/aromatic N) is 1. The molecule has 0 aliphatic carbocycles. The first kappa shape index (κ1) is 18.8. The van der Waals surface area contributed by atoms with E-state index in [1.54, 1.807) is 0 Å². The number of rotatable bonds is 4. The van der Waals surface area contributed by atoms with Gasteiger partial charge in [0.05, 0.1) is 6.04 Å². The summed E-state index contributed by atoms with van der Waals surface area (Å²) in [4.78, 5) is 37.3. The highest BCUT2D eigenvalue weighted by atomic mass is 16.2. The second kappa shape index (κ2) is 7.35. The minimum Gasteiger partial charge on any atom is -0.349 e. The fraction of sp³-hybridized carbons (Fsp3) is 0.318. The smallest absolute Gasteiger partial charge is 0.290 e. The normalized spacial score (nSPS) is 17.9. The van der Waals surface area contributed by atoms with Gasteiger partial charge in [0, 0.05) is 13.6 Å². The summed E-state index contributed by atoms with van der Waals surface area (Å²) in [6, 6.07) is 14.0. The minimum atomic E-state index is -0.924. The van der Waals surface area contributed by atoms with Crippen LogP contribution in [0.3, 0.4) is 0 Å². The van der Waals surface area contributed by atoms with E-state index in [9.17, 15) is 14.4 Å². The second-order valence-electron chi connectivity index (χ2n) is 7.23. The quantitative estimate of drug-likeness (QED) is 0.670. The third-order valence-corrected chi connectivity index (χ3v) is 5.16. The number of nitrogens with one attached hydrogen (secondary N) is 1. The summed E-state index contributed by atoms with van der Waals surface area (Å²) in [6.07, 6.45) is 0. The first-order valence-corrected chi connectivity index (χ1v) is 9.06. The fourth-order valence-electron chi connectivity index (χ4n) is 3.61. The van der Waals surface area contributed by atoms with Crippen molar-refractivity contribution in [3.05, 3.63) is 59.2 Å². The van der Waals surface area contributed by atoms with E-state index in [1.807, 2.05) is 25.1 Å². The van der Waals surface area contributed by atoms with Crippen LogP contribution in [0.15, 0.2) is 42.5 Å². The van der Waals surface area contributed by atoms with E-state index in [2.05, 4.69) is 43.4 Å². The van der Waals surface area contributed by atoms with Crippen LogP contribution in [-0.2, 0) is 14.4 Å². The molecular formula is C22H24N2O3. The highest BCUT2D eigenvalue weighted by Crippen LogP contribution is 2.29. The zero-order chi connectivity index (χ0) is 19.7. The number of benzene rings is 2. The maximum absolute atomic E-state index is 12.5. The predicted molar refractivity (Wildman–Crippen MR) is 104 cm³/mol. The molecule has 2 aromatic carbocycles. The van der Waals surface area contributed by atoms with Crippen LogP contribution in [0.2, 0.25) is 0 Å². The summed E-state index contributed by atoms with van der Waals surface area (Å²) in [5.41, 5.74) is 5.63. The van der Waals surface area contributed by atoms with E-state index >= 15 is 0 Å². The van der Waals surface area contributed by atoms with Gasteiger partial charge in [-0.25, -0.2) is 0 Å². The molecule has 1 aliphatic rings. The van der Waals surface area contributed by atoms with Gasteiger partial charge in [-0.3, -0.25) is 14.4 Å². The third-order valence-electron chi connectivity index (χ3n) is 5.16. The molecule has 1 heterocycles. The van der Waals surface area contributed by atoms with Gasteiger partial charge in [0.2, 0.25) is 11.7 Å². The lowest BCUT2D eigenvalue weighted by Gasteiger charge is -2.18. The lowest BCUT2D eigenvalue weighted by molar-refractivity contribution is -0.142. The van der Waals surface area contributed by atoms with Crippen molar-refractivity contribution in [1.82, 2.24) is 10.2 Å². The molecule has 1 fully saturated rings. The van der Waals surface area contributed by atoms with Crippen LogP contribution in [0.4, 0.5) is 0 Å². The Morgan fingerprint density at radius 1 is 1.11 bits per heavy atom. The van der Waals surface area contributed by atoms with Crippen LogP contribution in [0, 0.1) is 19.8 Å². The van der Waals surface area contributed by atoms with Gasteiger partial charge >= 0.3 is 0 Å². The molecule has 3 rings (SSSR count). The average Bonchev–Trinajstić information content (AvgIpc) is 2.89. The zero-order valence-corrected chi connectivity index (χ0v) is 16.1. The molecule has 0 radical (unpaired) electrons. The van der Waals surface area contributed by atoms with Gasteiger partial charge in [0.15, 0.2) is 0 Å². The Hall–Kier alpha value is -2.95. The maximum Gasteiger partial charge on any atom is 0.290 e. The molecule has 0 bridgehead atoms. The number of aryl methyl sites for hydroxylation is 2. The van der Waals surface area contributed by atoms with Gasteiger partial charge in [-0.2, -0.15) is 0 Å². The summed E-state index contributed by atoms with van der Waals surface area (Å²) < 4.78 is 0. The van der Waals surface area contributed by atoms with Crippen LogP contribution in [0.5, 0.6) is 0 Å². The molecule has 2 atom stereocenters. The molecule has 2 aromatic rings. The van der Waals surface area contributed by atoms with Crippen molar-refractivity contribution in [2.75, 3.05) is 13.6 Å². The number of likely N-dealkylation sites (tertiary alicyclic amines) is 1. The third kappa shape index (κ3) is 3.63. The van der Waals surface area contributed by atoms with Crippen molar-refractivity contribution in [3.8, 4) is 11.1 Å². The second-order valence-corrected chi connectivity index (χ2v) is 7.23. The van der Waals surface area contributed by atoms with Crippen molar-refractivity contribution in [2.24, 2.45) is 5.92 Å². The number of likely N-dealkylation sites (N-methyl/N-ethyl adjacent to an activating group) is 1. The van der Waals surface area contributed by atoms with Crippen LogP contribution < -0.4 is 5.32 Å². The van der Waals surface area contributed by atoms with Gasteiger partial charge in [-0.15, -0.1) is 0 Å². The molecule has 5 heteroatoms. The Labute approximate surface area is 159 Å². The molecule has 2 amide bonds. The first-order valence-electron chi connectivity index (χ1n) is 9.06. The number of hydrogen-bond donors (Lipinski definition) is 1. The first-order chi connectivity index (χ1) is 12.8. The number of hydrogen-bond acceptors (Lipinski definition) is 3. The molecule has 1 unspecified atom stereocenters.